The molecule has 0 amide bonds. The zero-order valence-electron chi connectivity index (χ0n) is 15.2. The number of rotatable bonds is 6. The fourth-order valence-electron chi connectivity index (χ4n) is 3.09. The largest absolute Gasteiger partial charge is 0.495 e. The molecule has 0 aliphatic carbocycles. The lowest BCUT2D eigenvalue weighted by Gasteiger charge is -2.10. The number of hydrogen-bond donors (Lipinski definition) is 0. The molecule has 5 nitrogen and oxygen atoms in total. The fraction of sp³-hybridized carbons (Fsp3) is 0.238. The summed E-state index contributed by atoms with van der Waals surface area (Å²) >= 11 is 0. The Morgan fingerprint density at radius 1 is 1.08 bits per heavy atom. The molecule has 0 atom stereocenters. The van der Waals surface area contributed by atoms with Crippen molar-refractivity contribution in [2.45, 2.75) is 26.9 Å². The van der Waals surface area contributed by atoms with Gasteiger partial charge in [-0.1, -0.05) is 30.3 Å². The maximum absolute atomic E-state index is 12.8. The number of pyridine rings is 1. The van der Waals surface area contributed by atoms with Crippen LogP contribution in [0.3, 0.4) is 0 Å². The van der Waals surface area contributed by atoms with E-state index >= 15 is 0 Å². The minimum atomic E-state index is -0.225. The molecule has 5 heteroatoms. The van der Waals surface area contributed by atoms with Gasteiger partial charge in [0.25, 0.3) is 5.56 Å². The molecule has 0 fully saturated rings. The summed E-state index contributed by atoms with van der Waals surface area (Å²) in [6, 6.07) is 15.0. The molecular formula is C21H22N2O3. The van der Waals surface area contributed by atoms with E-state index in [1.165, 1.54) is 23.3 Å². The first-order chi connectivity index (χ1) is 12.5. The summed E-state index contributed by atoms with van der Waals surface area (Å²) in [6.07, 6.45) is 1.56. The molecule has 0 radical (unpaired) electrons. The molecule has 0 saturated carbocycles. The molecule has 1 aromatic carbocycles. The van der Waals surface area contributed by atoms with E-state index in [0.717, 1.165) is 11.4 Å². The number of Topliss-reactive ketones (excluding diaryl/α,β-unsaturated/α-hetero) is 1. The number of methoxy groups -OCH3 is 1. The van der Waals surface area contributed by atoms with Crippen LogP contribution in [-0.4, -0.2) is 22.0 Å². The maximum Gasteiger partial charge on any atom is 0.251 e. The number of ether oxygens (including phenoxy) is 1. The molecular weight excluding hydrogens is 328 g/mol. The van der Waals surface area contributed by atoms with Crippen LogP contribution in [-0.2, 0) is 13.1 Å². The molecule has 3 aromatic rings. The third-order valence-corrected chi connectivity index (χ3v) is 4.56. The van der Waals surface area contributed by atoms with Crippen LogP contribution < -0.4 is 10.3 Å². The van der Waals surface area contributed by atoms with Crippen molar-refractivity contribution in [2.75, 3.05) is 7.11 Å². The fourth-order valence-corrected chi connectivity index (χ4v) is 3.09. The standard InChI is InChI=1S/C21H22N2O3/c1-15-11-19(16(2)23(15)12-17-7-5-4-6-8-17)20(24)14-22-13-18(26-3)9-10-21(22)25/h4-11,13H,12,14H2,1-3H3. The summed E-state index contributed by atoms with van der Waals surface area (Å²) in [5.74, 6) is 0.458. The van der Waals surface area contributed by atoms with Crippen molar-refractivity contribution < 1.29 is 9.53 Å². The van der Waals surface area contributed by atoms with Gasteiger partial charge in [-0.25, -0.2) is 0 Å². The number of nitrogens with zero attached hydrogens (tertiary/aromatic N) is 2. The van der Waals surface area contributed by atoms with Gasteiger partial charge in [0.1, 0.15) is 5.75 Å². The van der Waals surface area contributed by atoms with Crippen molar-refractivity contribution in [1.82, 2.24) is 9.13 Å². The summed E-state index contributed by atoms with van der Waals surface area (Å²) in [5.41, 5.74) is 3.53. The van der Waals surface area contributed by atoms with Crippen molar-refractivity contribution in [3.8, 4) is 5.75 Å². The lowest BCUT2D eigenvalue weighted by molar-refractivity contribution is 0.0970. The van der Waals surface area contributed by atoms with Gasteiger partial charge in [-0.15, -0.1) is 0 Å². The monoisotopic (exact) mass is 350 g/mol. The number of aryl methyl sites for hydroxylation is 1. The smallest absolute Gasteiger partial charge is 0.251 e. The number of carbonyl (C=O) groups excluding carboxylic acids is 1. The molecule has 0 bridgehead atoms. The number of carbonyl (C=O) groups is 1. The van der Waals surface area contributed by atoms with E-state index in [9.17, 15) is 9.59 Å². The van der Waals surface area contributed by atoms with Crippen LogP contribution in [0, 0.1) is 13.8 Å². The van der Waals surface area contributed by atoms with Crippen molar-refractivity contribution in [2.24, 2.45) is 0 Å². The van der Waals surface area contributed by atoms with E-state index in [1.807, 2.05) is 38.1 Å². The normalized spacial score (nSPS) is 10.7. The van der Waals surface area contributed by atoms with E-state index < -0.39 is 0 Å². The van der Waals surface area contributed by atoms with Gasteiger partial charge in [0.2, 0.25) is 0 Å². The van der Waals surface area contributed by atoms with Gasteiger partial charge in [0.15, 0.2) is 5.78 Å². The first kappa shape index (κ1) is 17.7. The Morgan fingerprint density at radius 3 is 2.50 bits per heavy atom. The lowest BCUT2D eigenvalue weighted by Crippen LogP contribution is -2.23. The predicted octanol–water partition coefficient (Wildman–Crippen LogP) is 3.21. The summed E-state index contributed by atoms with van der Waals surface area (Å²) in [5, 5.41) is 0. The molecule has 0 unspecified atom stereocenters. The minimum absolute atomic E-state index is 0.00827. The second-order valence-corrected chi connectivity index (χ2v) is 6.31. The molecule has 3 rings (SSSR count). The van der Waals surface area contributed by atoms with Crippen molar-refractivity contribution in [3.63, 3.8) is 0 Å². The molecule has 0 aliphatic heterocycles. The van der Waals surface area contributed by atoms with Crippen LogP contribution in [0.1, 0.15) is 27.3 Å². The second-order valence-electron chi connectivity index (χ2n) is 6.31. The zero-order chi connectivity index (χ0) is 18.7. The topological polar surface area (TPSA) is 53.2 Å². The number of hydrogen-bond acceptors (Lipinski definition) is 3. The predicted molar refractivity (Wildman–Crippen MR) is 101 cm³/mol. The SMILES string of the molecule is COc1ccc(=O)n(CC(=O)c2cc(C)n(Cc3ccccc3)c2C)c1. The van der Waals surface area contributed by atoms with Crippen LogP contribution in [0.2, 0.25) is 0 Å². The Labute approximate surface area is 152 Å². The van der Waals surface area contributed by atoms with Crippen LogP contribution in [0.5, 0.6) is 5.75 Å². The first-order valence-corrected chi connectivity index (χ1v) is 8.48. The van der Waals surface area contributed by atoms with E-state index in [0.29, 0.717) is 17.9 Å². The van der Waals surface area contributed by atoms with Gasteiger partial charge in [-0.05, 0) is 31.5 Å². The summed E-state index contributed by atoms with van der Waals surface area (Å²) in [7, 11) is 1.53. The van der Waals surface area contributed by atoms with E-state index in [2.05, 4.69) is 16.7 Å². The Balaban J connectivity index is 1.87. The highest BCUT2D eigenvalue weighted by Crippen LogP contribution is 2.18. The molecule has 26 heavy (non-hydrogen) atoms. The summed E-state index contributed by atoms with van der Waals surface area (Å²) < 4.78 is 8.64. The quantitative estimate of drug-likeness (QED) is 0.642. The van der Waals surface area contributed by atoms with Gasteiger partial charge in [-0.3, -0.25) is 9.59 Å². The Kier molecular flexibility index (Phi) is 5.07. The third-order valence-electron chi connectivity index (χ3n) is 4.56. The van der Waals surface area contributed by atoms with Crippen LogP contribution in [0.25, 0.3) is 0 Å². The van der Waals surface area contributed by atoms with Gasteiger partial charge >= 0.3 is 0 Å². The van der Waals surface area contributed by atoms with Gasteiger partial charge < -0.3 is 13.9 Å². The highest BCUT2D eigenvalue weighted by molar-refractivity contribution is 5.97. The van der Waals surface area contributed by atoms with Crippen molar-refractivity contribution in [3.05, 3.63) is 87.6 Å². The summed E-state index contributed by atoms with van der Waals surface area (Å²) in [6.45, 7) is 4.64. The molecule has 0 N–H and O–H groups in total. The minimum Gasteiger partial charge on any atom is -0.495 e. The number of aromatic nitrogens is 2. The van der Waals surface area contributed by atoms with E-state index in [4.69, 9.17) is 4.74 Å². The lowest BCUT2D eigenvalue weighted by atomic mass is 10.1. The molecule has 0 spiro atoms. The number of benzene rings is 1. The Bertz CT molecular complexity index is 984. The highest BCUT2D eigenvalue weighted by Gasteiger charge is 2.17. The Hall–Kier alpha value is -3.08. The molecule has 0 saturated heterocycles. The molecule has 2 aromatic heterocycles. The maximum atomic E-state index is 12.8. The van der Waals surface area contributed by atoms with Crippen molar-refractivity contribution >= 4 is 5.78 Å². The molecule has 0 aliphatic rings. The van der Waals surface area contributed by atoms with Crippen LogP contribution in [0.15, 0.2) is 59.5 Å². The first-order valence-electron chi connectivity index (χ1n) is 8.48. The average molecular weight is 350 g/mol. The van der Waals surface area contributed by atoms with E-state index in [1.54, 1.807) is 12.3 Å². The third kappa shape index (κ3) is 3.61. The van der Waals surface area contributed by atoms with E-state index in [-0.39, 0.29) is 17.9 Å². The van der Waals surface area contributed by atoms with Crippen molar-refractivity contribution in [1.29, 1.82) is 0 Å². The second kappa shape index (κ2) is 7.44. The Morgan fingerprint density at radius 2 is 1.81 bits per heavy atom. The van der Waals surface area contributed by atoms with Gasteiger partial charge in [-0.2, -0.15) is 0 Å². The van der Waals surface area contributed by atoms with Gasteiger partial charge in [0, 0.05) is 35.8 Å². The molecule has 134 valence electrons. The zero-order valence-corrected chi connectivity index (χ0v) is 15.2. The summed E-state index contributed by atoms with van der Waals surface area (Å²) in [4.78, 5) is 24.8. The number of ketones is 1. The average Bonchev–Trinajstić information content (AvgIpc) is 2.92. The highest BCUT2D eigenvalue weighted by atomic mass is 16.5. The van der Waals surface area contributed by atoms with Crippen LogP contribution >= 0.6 is 0 Å². The van der Waals surface area contributed by atoms with Gasteiger partial charge in [0.05, 0.1) is 13.7 Å². The molecule has 2 heterocycles. The van der Waals surface area contributed by atoms with Crippen LogP contribution in [0.4, 0.5) is 0 Å².